The lowest BCUT2D eigenvalue weighted by Crippen LogP contribution is -3.00. The Bertz CT molecular complexity index is 87.1. The summed E-state index contributed by atoms with van der Waals surface area (Å²) in [5, 5.41) is 3.58. The van der Waals surface area contributed by atoms with Crippen LogP contribution in [0.25, 0.3) is 0 Å². The summed E-state index contributed by atoms with van der Waals surface area (Å²) in [5.41, 5.74) is 0. The van der Waals surface area contributed by atoms with Crippen LogP contribution in [0.15, 0.2) is 0 Å². The quantitative estimate of drug-likeness (QED) is 0.508. The third-order valence-electron chi connectivity index (χ3n) is 2.33. The Morgan fingerprint density at radius 2 is 1.73 bits per heavy atom. The second kappa shape index (κ2) is 5.84. The molecule has 0 radical (unpaired) electrons. The number of hydrogen-bond donors (Lipinski definition) is 1. The SMILES string of the molecule is Br.C1C[S+]2CCC(CC2)N1.[Br-]. The van der Waals surface area contributed by atoms with Crippen molar-refractivity contribution in [2.75, 3.05) is 23.8 Å². The van der Waals surface area contributed by atoms with E-state index >= 15 is 0 Å². The summed E-state index contributed by atoms with van der Waals surface area (Å²) in [4.78, 5) is 0. The maximum atomic E-state index is 3.58. The van der Waals surface area contributed by atoms with Crippen molar-refractivity contribution in [3.63, 3.8) is 0 Å². The van der Waals surface area contributed by atoms with Crippen LogP contribution in [-0.4, -0.2) is 29.8 Å². The maximum absolute atomic E-state index is 3.58. The smallest absolute Gasteiger partial charge is 0.120 e. The molecular formula is C7H15Br2NS. The summed E-state index contributed by atoms with van der Waals surface area (Å²) in [5.74, 6) is 4.52. The number of rotatable bonds is 0. The minimum absolute atomic E-state index is 0. The van der Waals surface area contributed by atoms with E-state index in [0.29, 0.717) is 0 Å². The first kappa shape index (κ1) is 12.3. The zero-order chi connectivity index (χ0) is 6.10. The minimum Gasteiger partial charge on any atom is -1.00 e. The van der Waals surface area contributed by atoms with Gasteiger partial charge >= 0.3 is 0 Å². The topological polar surface area (TPSA) is 12.0 Å². The summed E-state index contributed by atoms with van der Waals surface area (Å²) in [6.07, 6.45) is 2.92. The lowest BCUT2D eigenvalue weighted by Gasteiger charge is -2.16. The Kier molecular flexibility index (Phi) is 6.51. The van der Waals surface area contributed by atoms with E-state index in [-0.39, 0.29) is 34.0 Å². The van der Waals surface area contributed by atoms with Crippen LogP contribution >= 0.6 is 17.0 Å². The van der Waals surface area contributed by atoms with E-state index in [1.165, 1.54) is 36.6 Å². The van der Waals surface area contributed by atoms with Gasteiger partial charge in [0.05, 0.1) is 0 Å². The van der Waals surface area contributed by atoms with E-state index in [1.807, 2.05) is 0 Å². The summed E-state index contributed by atoms with van der Waals surface area (Å²) < 4.78 is 0. The van der Waals surface area contributed by atoms with Crippen molar-refractivity contribution < 1.29 is 17.0 Å². The normalized spacial score (nSPS) is 34.9. The summed E-state index contributed by atoms with van der Waals surface area (Å²) in [6, 6.07) is 0.899. The molecule has 0 aromatic rings. The highest BCUT2D eigenvalue weighted by molar-refractivity contribution is 8.93. The van der Waals surface area contributed by atoms with Gasteiger partial charge in [-0.05, 0) is 10.9 Å². The number of hydrogen-bond acceptors (Lipinski definition) is 1. The number of nitrogens with one attached hydrogen (secondary N) is 1. The van der Waals surface area contributed by atoms with Gasteiger partial charge in [-0.15, -0.1) is 17.0 Å². The molecule has 0 unspecified atom stereocenters. The van der Waals surface area contributed by atoms with Crippen molar-refractivity contribution in [1.29, 1.82) is 0 Å². The molecule has 3 aliphatic heterocycles. The molecule has 2 bridgehead atoms. The summed E-state index contributed by atoms with van der Waals surface area (Å²) >= 11 is 0. The van der Waals surface area contributed by atoms with E-state index in [2.05, 4.69) is 5.32 Å². The monoisotopic (exact) mass is 303 g/mol. The molecular weight excluding hydrogens is 290 g/mol. The highest BCUT2D eigenvalue weighted by Gasteiger charge is 2.30. The number of fused-ring (bicyclic) bond motifs is 4. The molecule has 0 aliphatic carbocycles. The highest BCUT2D eigenvalue weighted by atomic mass is 79.9. The molecule has 3 fully saturated rings. The Morgan fingerprint density at radius 1 is 1.09 bits per heavy atom. The van der Waals surface area contributed by atoms with Crippen LogP contribution in [0.3, 0.4) is 0 Å². The molecule has 0 saturated carbocycles. The van der Waals surface area contributed by atoms with Crippen LogP contribution in [0.5, 0.6) is 0 Å². The van der Waals surface area contributed by atoms with E-state index in [4.69, 9.17) is 0 Å². The molecule has 0 spiro atoms. The average Bonchev–Trinajstić information content (AvgIpc) is 2.21. The minimum atomic E-state index is 0. The van der Waals surface area contributed by atoms with Gasteiger partial charge in [-0.2, -0.15) is 0 Å². The van der Waals surface area contributed by atoms with Gasteiger partial charge in [0.2, 0.25) is 0 Å². The predicted octanol–water partition coefficient (Wildman–Crippen LogP) is -2.05. The molecule has 3 heterocycles. The van der Waals surface area contributed by atoms with Gasteiger partial charge in [0.15, 0.2) is 0 Å². The zero-order valence-electron chi connectivity index (χ0n) is 6.51. The first-order valence-electron chi connectivity index (χ1n) is 3.82. The molecule has 0 amide bonds. The lowest BCUT2D eigenvalue weighted by molar-refractivity contribution is -0.00000206. The van der Waals surface area contributed by atoms with E-state index in [0.717, 1.165) is 16.9 Å². The van der Waals surface area contributed by atoms with Gasteiger partial charge in [0.25, 0.3) is 0 Å². The zero-order valence-corrected chi connectivity index (χ0v) is 10.6. The Morgan fingerprint density at radius 3 is 2.36 bits per heavy atom. The molecule has 11 heavy (non-hydrogen) atoms. The highest BCUT2D eigenvalue weighted by Crippen LogP contribution is 2.17. The third-order valence-corrected chi connectivity index (χ3v) is 4.74. The standard InChI is InChI=1S/C7H14NS.2BrH/c1-4-9-5-2-7(1)8-3-6-9;;/h7-8H,1-6H2;2*1H/q+1;;/p-1. The second-order valence-electron chi connectivity index (χ2n) is 2.95. The number of halogens is 2. The second-order valence-corrected chi connectivity index (χ2v) is 5.40. The van der Waals surface area contributed by atoms with Crippen molar-refractivity contribution in [2.24, 2.45) is 0 Å². The fourth-order valence-corrected chi connectivity index (χ4v) is 3.93. The molecule has 0 aromatic heterocycles. The molecule has 4 heteroatoms. The molecule has 68 valence electrons. The van der Waals surface area contributed by atoms with Crippen molar-refractivity contribution in [1.82, 2.24) is 5.32 Å². The Balaban J connectivity index is 0.000000500. The van der Waals surface area contributed by atoms with Crippen molar-refractivity contribution in [2.45, 2.75) is 18.9 Å². The van der Waals surface area contributed by atoms with Gasteiger partial charge in [0, 0.05) is 25.4 Å². The first-order valence-corrected chi connectivity index (χ1v) is 5.56. The lowest BCUT2D eigenvalue weighted by atomic mass is 10.2. The van der Waals surface area contributed by atoms with Gasteiger partial charge < -0.3 is 22.3 Å². The molecule has 1 nitrogen and oxygen atoms in total. The fraction of sp³-hybridized carbons (Fsp3) is 1.00. The van der Waals surface area contributed by atoms with E-state index in [1.54, 1.807) is 0 Å². The average molecular weight is 305 g/mol. The van der Waals surface area contributed by atoms with Crippen LogP contribution in [-0.2, 0) is 10.9 Å². The molecule has 3 rings (SSSR count). The molecule has 3 aliphatic rings. The van der Waals surface area contributed by atoms with Crippen LogP contribution in [0.1, 0.15) is 12.8 Å². The van der Waals surface area contributed by atoms with Crippen LogP contribution in [0.2, 0.25) is 0 Å². The first-order chi connectivity index (χ1) is 4.45. The van der Waals surface area contributed by atoms with Gasteiger partial charge in [-0.3, -0.25) is 0 Å². The van der Waals surface area contributed by atoms with Crippen LogP contribution < -0.4 is 22.3 Å². The van der Waals surface area contributed by atoms with Crippen molar-refractivity contribution in [3.8, 4) is 0 Å². The van der Waals surface area contributed by atoms with E-state index < -0.39 is 0 Å². The molecule has 0 atom stereocenters. The fourth-order valence-electron chi connectivity index (χ4n) is 1.68. The van der Waals surface area contributed by atoms with Crippen LogP contribution in [0, 0.1) is 0 Å². The summed E-state index contributed by atoms with van der Waals surface area (Å²) in [6.45, 7) is 1.30. The van der Waals surface area contributed by atoms with Crippen molar-refractivity contribution in [3.05, 3.63) is 0 Å². The van der Waals surface area contributed by atoms with Crippen LogP contribution in [0.4, 0.5) is 0 Å². The Hall–Kier alpha value is 1.27. The van der Waals surface area contributed by atoms with Gasteiger partial charge in [-0.1, -0.05) is 0 Å². The summed E-state index contributed by atoms with van der Waals surface area (Å²) in [7, 11) is 0.834. The predicted molar refractivity (Wildman–Crippen MR) is 53.3 cm³/mol. The molecule has 3 saturated heterocycles. The largest absolute Gasteiger partial charge is 1.00 e. The van der Waals surface area contributed by atoms with Crippen molar-refractivity contribution >= 4 is 27.9 Å². The molecule has 1 N–H and O–H groups in total. The maximum Gasteiger partial charge on any atom is 0.120 e. The third kappa shape index (κ3) is 3.25. The van der Waals surface area contributed by atoms with Gasteiger partial charge in [0.1, 0.15) is 17.3 Å². The Labute approximate surface area is 92.6 Å². The van der Waals surface area contributed by atoms with Gasteiger partial charge in [-0.25, -0.2) is 0 Å². The van der Waals surface area contributed by atoms with E-state index in [9.17, 15) is 0 Å². The molecule has 0 aromatic carbocycles.